The molecule has 6 aliphatic rings. The summed E-state index contributed by atoms with van der Waals surface area (Å²) in [5.41, 5.74) is 0.972. The Hall–Kier alpha value is -2.94. The maximum atomic E-state index is 13.6. The molecule has 35 heavy (non-hydrogen) atoms. The summed E-state index contributed by atoms with van der Waals surface area (Å²) in [7, 11) is 0. The standard InChI is InChI=1S/C26H32N6O3/c33-22(29-25-12-16-9-17(13-25)11-18(10-16)14-25)21-27-19(20-3-1-2-6-32(20)21)15-31-7-4-26(5-8-31)23(34)28-24(35)30-26/h1-3,6,16-18H,4-5,7-15H2,(H,29,33)(H2,28,30,34,35). The van der Waals surface area contributed by atoms with E-state index in [1.54, 1.807) is 0 Å². The number of imidazole rings is 1. The van der Waals surface area contributed by atoms with Crippen LogP contribution in [0.2, 0.25) is 0 Å². The van der Waals surface area contributed by atoms with Gasteiger partial charge in [-0.3, -0.25) is 24.2 Å². The predicted octanol–water partition coefficient (Wildman–Crippen LogP) is 2.21. The predicted molar refractivity (Wildman–Crippen MR) is 127 cm³/mol. The Labute approximate surface area is 204 Å². The molecular formula is C26H32N6O3. The van der Waals surface area contributed by atoms with Crippen molar-refractivity contribution in [3.8, 4) is 0 Å². The third kappa shape index (κ3) is 3.46. The molecule has 1 spiro atoms. The number of carbonyl (C=O) groups is 3. The van der Waals surface area contributed by atoms with Crippen molar-refractivity contribution in [2.24, 2.45) is 17.8 Å². The summed E-state index contributed by atoms with van der Waals surface area (Å²) in [4.78, 5) is 44.6. The van der Waals surface area contributed by atoms with Crippen LogP contribution in [-0.2, 0) is 11.3 Å². The molecule has 0 radical (unpaired) electrons. The SMILES string of the molecule is O=C1NC(=O)C2(CCN(Cc3nc(C(=O)NC45CC6CC(CC(C6)C4)C5)n4ccccc34)CC2)N1. The van der Waals surface area contributed by atoms with E-state index in [2.05, 4.69) is 20.9 Å². The maximum absolute atomic E-state index is 13.6. The van der Waals surface area contributed by atoms with Crippen molar-refractivity contribution in [3.05, 3.63) is 35.9 Å². The molecule has 0 atom stereocenters. The van der Waals surface area contributed by atoms with Gasteiger partial charge in [0, 0.05) is 31.4 Å². The van der Waals surface area contributed by atoms with Crippen LogP contribution in [0.15, 0.2) is 24.4 Å². The zero-order valence-corrected chi connectivity index (χ0v) is 19.9. The van der Waals surface area contributed by atoms with Crippen LogP contribution in [0, 0.1) is 17.8 Å². The van der Waals surface area contributed by atoms with Gasteiger partial charge in [0.2, 0.25) is 5.82 Å². The lowest BCUT2D eigenvalue weighted by atomic mass is 9.53. The van der Waals surface area contributed by atoms with Crippen LogP contribution in [0.5, 0.6) is 0 Å². The number of hydrogen-bond donors (Lipinski definition) is 3. The third-order valence-electron chi connectivity index (χ3n) is 9.34. The van der Waals surface area contributed by atoms with E-state index in [1.807, 2.05) is 28.8 Å². The largest absolute Gasteiger partial charge is 0.344 e. The minimum absolute atomic E-state index is 0.0555. The molecule has 0 unspecified atom stereocenters. The fourth-order valence-electron chi connectivity index (χ4n) is 8.12. The second kappa shape index (κ2) is 7.53. The molecule has 9 heteroatoms. The Balaban J connectivity index is 1.10. The zero-order chi connectivity index (χ0) is 23.8. The molecule has 2 aromatic heterocycles. The number of urea groups is 1. The van der Waals surface area contributed by atoms with Crippen LogP contribution in [0.25, 0.3) is 5.52 Å². The number of rotatable bonds is 4. The lowest BCUT2D eigenvalue weighted by Crippen LogP contribution is -2.60. The van der Waals surface area contributed by atoms with Crippen molar-refractivity contribution in [3.63, 3.8) is 0 Å². The van der Waals surface area contributed by atoms with Crippen LogP contribution in [0.1, 0.15) is 67.7 Å². The van der Waals surface area contributed by atoms with Crippen LogP contribution in [-0.4, -0.2) is 56.3 Å². The van der Waals surface area contributed by atoms with Crippen molar-refractivity contribution in [2.75, 3.05) is 13.1 Å². The van der Waals surface area contributed by atoms with Crippen LogP contribution in [0.4, 0.5) is 4.79 Å². The first kappa shape index (κ1) is 21.4. The Morgan fingerprint density at radius 3 is 2.37 bits per heavy atom. The number of imide groups is 1. The normalized spacial score (nSPS) is 33.3. The Bertz CT molecular complexity index is 1190. The van der Waals surface area contributed by atoms with Gasteiger partial charge in [-0.25, -0.2) is 9.78 Å². The van der Waals surface area contributed by atoms with Gasteiger partial charge in [-0.2, -0.15) is 0 Å². The summed E-state index contributed by atoms with van der Waals surface area (Å²) in [5, 5.41) is 8.65. The molecule has 9 nitrogen and oxygen atoms in total. The van der Waals surface area contributed by atoms with Gasteiger partial charge >= 0.3 is 6.03 Å². The maximum Gasteiger partial charge on any atom is 0.322 e. The first-order valence-electron chi connectivity index (χ1n) is 13.0. The van der Waals surface area contributed by atoms with Crippen molar-refractivity contribution < 1.29 is 14.4 Å². The molecule has 4 bridgehead atoms. The molecule has 4 amide bonds. The molecule has 2 saturated heterocycles. The summed E-state index contributed by atoms with van der Waals surface area (Å²) in [6, 6.07) is 5.52. The van der Waals surface area contributed by atoms with Crippen molar-refractivity contribution in [1.82, 2.24) is 30.2 Å². The molecule has 184 valence electrons. The van der Waals surface area contributed by atoms with Crippen LogP contribution in [0.3, 0.4) is 0 Å². The number of piperidine rings is 1. The molecule has 2 aliphatic heterocycles. The Kier molecular flexibility index (Phi) is 4.59. The molecule has 6 fully saturated rings. The summed E-state index contributed by atoms with van der Waals surface area (Å²) >= 11 is 0. The van der Waals surface area contributed by atoms with Gasteiger partial charge in [-0.05, 0) is 81.3 Å². The van der Waals surface area contributed by atoms with Gasteiger partial charge in [0.25, 0.3) is 11.8 Å². The average molecular weight is 477 g/mol. The number of fused-ring (bicyclic) bond motifs is 1. The Morgan fingerprint density at radius 2 is 1.74 bits per heavy atom. The number of nitrogens with zero attached hydrogens (tertiary/aromatic N) is 3. The van der Waals surface area contributed by atoms with Crippen molar-refractivity contribution in [1.29, 1.82) is 0 Å². The minimum atomic E-state index is -0.785. The van der Waals surface area contributed by atoms with E-state index in [0.717, 1.165) is 48.2 Å². The summed E-state index contributed by atoms with van der Waals surface area (Å²) in [6.07, 6.45) is 10.4. The number of pyridine rings is 1. The molecule has 0 aromatic carbocycles. The van der Waals surface area contributed by atoms with E-state index in [0.29, 0.717) is 38.3 Å². The molecule has 4 saturated carbocycles. The molecule has 4 aliphatic carbocycles. The highest BCUT2D eigenvalue weighted by Gasteiger charge is 2.52. The molecular weight excluding hydrogens is 444 g/mol. The smallest absolute Gasteiger partial charge is 0.322 e. The van der Waals surface area contributed by atoms with E-state index < -0.39 is 11.6 Å². The van der Waals surface area contributed by atoms with Crippen molar-refractivity contribution in [2.45, 2.75) is 69.0 Å². The number of aromatic nitrogens is 2. The van der Waals surface area contributed by atoms with Gasteiger partial charge in [0.15, 0.2) is 0 Å². The van der Waals surface area contributed by atoms with E-state index in [-0.39, 0.29) is 17.4 Å². The number of nitrogens with one attached hydrogen (secondary N) is 3. The zero-order valence-electron chi connectivity index (χ0n) is 19.9. The molecule has 8 rings (SSSR count). The van der Waals surface area contributed by atoms with Gasteiger partial charge in [0.1, 0.15) is 5.54 Å². The van der Waals surface area contributed by atoms with E-state index >= 15 is 0 Å². The van der Waals surface area contributed by atoms with Crippen LogP contribution < -0.4 is 16.0 Å². The van der Waals surface area contributed by atoms with Gasteiger partial charge in [0.05, 0.1) is 11.2 Å². The quantitative estimate of drug-likeness (QED) is 0.587. The molecule has 3 N–H and O–H groups in total. The van der Waals surface area contributed by atoms with Crippen molar-refractivity contribution >= 4 is 23.4 Å². The second-order valence-electron chi connectivity index (χ2n) is 11.8. The average Bonchev–Trinajstić information content (AvgIpc) is 3.31. The first-order valence-corrected chi connectivity index (χ1v) is 13.0. The summed E-state index contributed by atoms with van der Waals surface area (Å²) < 4.78 is 1.92. The lowest BCUT2D eigenvalue weighted by molar-refractivity contribution is -0.125. The van der Waals surface area contributed by atoms with E-state index in [4.69, 9.17) is 4.98 Å². The molecule has 4 heterocycles. The number of likely N-dealkylation sites (tertiary alicyclic amines) is 1. The monoisotopic (exact) mass is 476 g/mol. The fourth-order valence-corrected chi connectivity index (χ4v) is 8.12. The van der Waals surface area contributed by atoms with E-state index in [9.17, 15) is 14.4 Å². The van der Waals surface area contributed by atoms with E-state index in [1.165, 1.54) is 19.3 Å². The van der Waals surface area contributed by atoms with Gasteiger partial charge in [-0.1, -0.05) is 6.07 Å². The minimum Gasteiger partial charge on any atom is -0.344 e. The topological polar surface area (TPSA) is 108 Å². The second-order valence-corrected chi connectivity index (χ2v) is 11.8. The third-order valence-corrected chi connectivity index (χ3v) is 9.34. The molecule has 2 aromatic rings. The highest BCUT2D eigenvalue weighted by Crippen LogP contribution is 2.55. The summed E-state index contributed by atoms with van der Waals surface area (Å²) in [6.45, 7) is 1.95. The lowest BCUT2D eigenvalue weighted by Gasteiger charge is -2.56. The Morgan fingerprint density at radius 1 is 1.06 bits per heavy atom. The number of hydrogen-bond acceptors (Lipinski definition) is 5. The first-order chi connectivity index (χ1) is 16.9. The number of amides is 4. The summed E-state index contributed by atoms with van der Waals surface area (Å²) in [5.74, 6) is 2.47. The fraction of sp³-hybridized carbons (Fsp3) is 0.615. The van der Waals surface area contributed by atoms with Crippen LogP contribution >= 0.6 is 0 Å². The highest BCUT2D eigenvalue weighted by molar-refractivity contribution is 6.07. The van der Waals surface area contributed by atoms with Gasteiger partial charge < -0.3 is 10.6 Å². The highest BCUT2D eigenvalue weighted by atomic mass is 16.2. The van der Waals surface area contributed by atoms with Gasteiger partial charge in [-0.15, -0.1) is 0 Å². The number of carbonyl (C=O) groups excluding carboxylic acids is 3.